The highest BCUT2D eigenvalue weighted by Crippen LogP contribution is 2.21. The van der Waals surface area contributed by atoms with Gasteiger partial charge in [-0.25, -0.2) is 4.98 Å². The lowest BCUT2D eigenvalue weighted by atomic mass is 9.93. The lowest BCUT2D eigenvalue weighted by molar-refractivity contribution is 0.413. The Morgan fingerprint density at radius 1 is 1.00 bits per heavy atom. The van der Waals surface area contributed by atoms with E-state index in [1.165, 1.54) is 56.3 Å². The molecule has 2 nitrogen and oxygen atoms in total. The Kier molecular flexibility index (Phi) is 6.10. The maximum atomic E-state index is 4.72. The summed E-state index contributed by atoms with van der Waals surface area (Å²) in [5, 5.41) is 0. The first-order valence-electron chi connectivity index (χ1n) is 8.27. The number of imidazole rings is 1. The Balaban J connectivity index is 1.92. The summed E-state index contributed by atoms with van der Waals surface area (Å²) in [6.07, 6.45) is 10.5. The number of hydrogen-bond donors (Lipinski definition) is 1. The standard InChI is InChI=1S/C18H28N2/c1-3-5-6-7-11-15(10-4-2)14-18-19-16-12-8-9-13-17(16)20-18/h8-9,12-13,15H,3-7,10-11,14H2,1-2H3,(H,19,20). The number of fused-ring (bicyclic) bond motifs is 1. The number of para-hydroxylation sites is 2. The van der Waals surface area contributed by atoms with E-state index in [0.717, 1.165) is 17.9 Å². The molecule has 1 heterocycles. The maximum absolute atomic E-state index is 4.72. The van der Waals surface area contributed by atoms with Crippen LogP contribution < -0.4 is 0 Å². The predicted molar refractivity (Wildman–Crippen MR) is 87.0 cm³/mol. The van der Waals surface area contributed by atoms with E-state index >= 15 is 0 Å². The number of nitrogens with one attached hydrogen (secondary N) is 1. The van der Waals surface area contributed by atoms with Gasteiger partial charge >= 0.3 is 0 Å². The molecule has 1 aromatic heterocycles. The zero-order valence-corrected chi connectivity index (χ0v) is 13.0. The smallest absolute Gasteiger partial charge is 0.107 e. The first-order chi connectivity index (χ1) is 9.83. The fourth-order valence-corrected chi connectivity index (χ4v) is 2.99. The van der Waals surface area contributed by atoms with Crippen LogP contribution in [0.3, 0.4) is 0 Å². The molecule has 0 aliphatic heterocycles. The number of nitrogens with zero attached hydrogens (tertiary/aromatic N) is 1. The Labute approximate surface area is 123 Å². The number of aromatic nitrogens is 2. The van der Waals surface area contributed by atoms with Gasteiger partial charge in [-0.1, -0.05) is 70.9 Å². The highest BCUT2D eigenvalue weighted by atomic mass is 14.9. The van der Waals surface area contributed by atoms with Crippen LogP contribution in [0, 0.1) is 5.92 Å². The van der Waals surface area contributed by atoms with E-state index < -0.39 is 0 Å². The third-order valence-corrected chi connectivity index (χ3v) is 4.08. The van der Waals surface area contributed by atoms with Crippen LogP contribution in [0.5, 0.6) is 0 Å². The molecule has 0 radical (unpaired) electrons. The summed E-state index contributed by atoms with van der Waals surface area (Å²) in [5.41, 5.74) is 2.27. The topological polar surface area (TPSA) is 28.7 Å². The molecule has 110 valence electrons. The molecule has 0 saturated heterocycles. The number of rotatable bonds is 9. The van der Waals surface area contributed by atoms with E-state index in [4.69, 9.17) is 4.98 Å². The molecule has 20 heavy (non-hydrogen) atoms. The van der Waals surface area contributed by atoms with Crippen molar-refractivity contribution < 1.29 is 0 Å². The van der Waals surface area contributed by atoms with Crippen molar-refractivity contribution in [3.8, 4) is 0 Å². The van der Waals surface area contributed by atoms with Crippen LogP contribution in [0.2, 0.25) is 0 Å². The molecule has 0 saturated carbocycles. The highest BCUT2D eigenvalue weighted by molar-refractivity contribution is 5.74. The van der Waals surface area contributed by atoms with Gasteiger partial charge in [0.2, 0.25) is 0 Å². The number of aromatic amines is 1. The zero-order valence-electron chi connectivity index (χ0n) is 13.0. The minimum absolute atomic E-state index is 0.789. The van der Waals surface area contributed by atoms with Gasteiger partial charge in [0, 0.05) is 6.42 Å². The summed E-state index contributed by atoms with van der Waals surface area (Å²) < 4.78 is 0. The van der Waals surface area contributed by atoms with Crippen LogP contribution in [-0.2, 0) is 6.42 Å². The van der Waals surface area contributed by atoms with E-state index in [1.807, 2.05) is 0 Å². The third kappa shape index (κ3) is 4.36. The van der Waals surface area contributed by atoms with Gasteiger partial charge in [-0.15, -0.1) is 0 Å². The van der Waals surface area contributed by atoms with Crippen molar-refractivity contribution in [1.82, 2.24) is 9.97 Å². The lowest BCUT2D eigenvalue weighted by Crippen LogP contribution is -2.06. The quantitative estimate of drug-likeness (QED) is 0.600. The maximum Gasteiger partial charge on any atom is 0.107 e. The van der Waals surface area contributed by atoms with Gasteiger partial charge in [-0.2, -0.15) is 0 Å². The van der Waals surface area contributed by atoms with Crippen molar-refractivity contribution in [1.29, 1.82) is 0 Å². The van der Waals surface area contributed by atoms with Gasteiger partial charge < -0.3 is 4.98 Å². The average molecular weight is 272 g/mol. The molecule has 0 fully saturated rings. The monoisotopic (exact) mass is 272 g/mol. The first-order valence-corrected chi connectivity index (χ1v) is 8.27. The van der Waals surface area contributed by atoms with Gasteiger partial charge in [-0.05, 0) is 18.1 Å². The van der Waals surface area contributed by atoms with E-state index in [0.29, 0.717) is 0 Å². The molecular weight excluding hydrogens is 244 g/mol. The summed E-state index contributed by atoms with van der Waals surface area (Å²) in [7, 11) is 0. The Morgan fingerprint density at radius 3 is 2.60 bits per heavy atom. The average Bonchev–Trinajstić information content (AvgIpc) is 2.86. The van der Waals surface area contributed by atoms with Crippen LogP contribution in [0.25, 0.3) is 11.0 Å². The Hall–Kier alpha value is -1.31. The van der Waals surface area contributed by atoms with Crippen LogP contribution in [0.15, 0.2) is 24.3 Å². The fraction of sp³-hybridized carbons (Fsp3) is 0.611. The van der Waals surface area contributed by atoms with Crippen LogP contribution in [0.4, 0.5) is 0 Å². The molecule has 1 atom stereocenters. The normalized spacial score (nSPS) is 12.9. The molecule has 2 rings (SSSR count). The van der Waals surface area contributed by atoms with Crippen molar-refractivity contribution in [3.63, 3.8) is 0 Å². The fourth-order valence-electron chi connectivity index (χ4n) is 2.99. The van der Waals surface area contributed by atoms with E-state index in [2.05, 4.69) is 43.1 Å². The lowest BCUT2D eigenvalue weighted by Gasteiger charge is -2.14. The minimum Gasteiger partial charge on any atom is -0.342 e. The van der Waals surface area contributed by atoms with E-state index in [9.17, 15) is 0 Å². The van der Waals surface area contributed by atoms with Gasteiger partial charge in [0.15, 0.2) is 0 Å². The summed E-state index contributed by atoms with van der Waals surface area (Å²) in [5.74, 6) is 1.96. The van der Waals surface area contributed by atoms with Crippen molar-refractivity contribution >= 4 is 11.0 Å². The van der Waals surface area contributed by atoms with Crippen molar-refractivity contribution in [2.45, 2.75) is 65.2 Å². The molecule has 1 aromatic carbocycles. The van der Waals surface area contributed by atoms with Crippen LogP contribution >= 0.6 is 0 Å². The van der Waals surface area contributed by atoms with Crippen LogP contribution in [0.1, 0.15) is 64.6 Å². The van der Waals surface area contributed by atoms with Gasteiger partial charge in [0.05, 0.1) is 11.0 Å². The number of hydrogen-bond acceptors (Lipinski definition) is 1. The molecule has 0 bridgehead atoms. The molecule has 2 aromatic rings. The number of unbranched alkanes of at least 4 members (excludes halogenated alkanes) is 3. The van der Waals surface area contributed by atoms with Crippen LogP contribution in [-0.4, -0.2) is 9.97 Å². The predicted octanol–water partition coefficient (Wildman–Crippen LogP) is 5.49. The first kappa shape index (κ1) is 15.1. The van der Waals surface area contributed by atoms with Gasteiger partial charge in [-0.3, -0.25) is 0 Å². The molecule has 1 unspecified atom stereocenters. The van der Waals surface area contributed by atoms with E-state index in [1.54, 1.807) is 0 Å². The molecule has 0 aliphatic rings. The van der Waals surface area contributed by atoms with Gasteiger partial charge in [0.25, 0.3) is 0 Å². The Morgan fingerprint density at radius 2 is 1.85 bits per heavy atom. The molecule has 1 N–H and O–H groups in total. The summed E-state index contributed by atoms with van der Waals surface area (Å²) in [6.45, 7) is 4.57. The minimum atomic E-state index is 0.789. The van der Waals surface area contributed by atoms with Gasteiger partial charge in [0.1, 0.15) is 5.82 Å². The SMILES string of the molecule is CCCCCCC(CCC)Cc1nc2ccccc2[nH]1. The molecule has 0 spiro atoms. The van der Waals surface area contributed by atoms with E-state index in [-0.39, 0.29) is 0 Å². The van der Waals surface area contributed by atoms with Crippen molar-refractivity contribution in [2.24, 2.45) is 5.92 Å². The number of H-pyrrole nitrogens is 1. The Bertz CT molecular complexity index is 468. The van der Waals surface area contributed by atoms with Crippen molar-refractivity contribution in [2.75, 3.05) is 0 Å². The second-order valence-electron chi connectivity index (χ2n) is 5.91. The highest BCUT2D eigenvalue weighted by Gasteiger charge is 2.11. The number of benzene rings is 1. The zero-order chi connectivity index (χ0) is 14.2. The third-order valence-electron chi connectivity index (χ3n) is 4.08. The summed E-state index contributed by atoms with van der Waals surface area (Å²) in [4.78, 5) is 8.20. The second-order valence-corrected chi connectivity index (χ2v) is 5.91. The van der Waals surface area contributed by atoms with Crippen molar-refractivity contribution in [3.05, 3.63) is 30.1 Å². The largest absolute Gasteiger partial charge is 0.342 e. The second kappa shape index (κ2) is 8.08. The molecule has 2 heteroatoms. The summed E-state index contributed by atoms with van der Waals surface area (Å²) in [6, 6.07) is 8.33. The molecular formula is C18H28N2. The molecule has 0 aliphatic carbocycles. The molecule has 0 amide bonds. The summed E-state index contributed by atoms with van der Waals surface area (Å²) >= 11 is 0.